The van der Waals surface area contributed by atoms with Crippen molar-refractivity contribution in [1.29, 1.82) is 0 Å². The zero-order chi connectivity index (χ0) is 21.1. The number of hydrogen-bond donors (Lipinski definition) is 2. The summed E-state index contributed by atoms with van der Waals surface area (Å²) in [4.78, 5) is 28.2. The number of nitrogens with one attached hydrogen (secondary N) is 1. The molecule has 3 aromatic rings. The van der Waals surface area contributed by atoms with Crippen molar-refractivity contribution in [2.24, 2.45) is 0 Å². The third-order valence-corrected chi connectivity index (χ3v) is 5.61. The van der Waals surface area contributed by atoms with Crippen LogP contribution in [-0.2, 0) is 9.53 Å². The van der Waals surface area contributed by atoms with Crippen molar-refractivity contribution in [3.05, 3.63) is 89.7 Å². The fourth-order valence-corrected chi connectivity index (χ4v) is 4.03. The number of ether oxygens (including phenoxy) is 1. The lowest BCUT2D eigenvalue weighted by molar-refractivity contribution is -0.139. The molecule has 0 bridgehead atoms. The van der Waals surface area contributed by atoms with Crippen molar-refractivity contribution in [3.8, 4) is 11.1 Å². The molecule has 0 unspecified atom stereocenters. The van der Waals surface area contributed by atoms with Gasteiger partial charge in [-0.2, -0.15) is 0 Å². The normalized spacial score (nSPS) is 14.3. The maximum atomic E-state index is 12.5. The van der Waals surface area contributed by atoms with Crippen LogP contribution in [0.15, 0.2) is 73.1 Å². The Kier molecular flexibility index (Phi) is 5.48. The standard InChI is InChI=1S/C24H22N2O4/c1-15(16-10-12-25-13-11-16)22(23(27)28)26-24(29)30-14-21-19-8-4-2-6-17(19)18-7-3-5-9-20(18)21/h2-13,15,21-22H,14H2,1H3,(H,26,29)(H,27,28)/t15-,22+/m1/s1. The van der Waals surface area contributed by atoms with E-state index in [1.165, 1.54) is 0 Å². The molecule has 2 N–H and O–H groups in total. The van der Waals surface area contributed by atoms with Gasteiger partial charge in [-0.25, -0.2) is 9.59 Å². The highest BCUT2D eigenvalue weighted by molar-refractivity contribution is 5.81. The van der Waals surface area contributed by atoms with E-state index >= 15 is 0 Å². The number of nitrogens with zero attached hydrogens (tertiary/aromatic N) is 1. The number of aliphatic carboxylic acids is 1. The predicted octanol–water partition coefficient (Wildman–Crippen LogP) is 4.18. The third kappa shape index (κ3) is 3.76. The van der Waals surface area contributed by atoms with Crippen molar-refractivity contribution in [2.75, 3.05) is 6.61 Å². The molecule has 0 saturated carbocycles. The van der Waals surface area contributed by atoms with Gasteiger partial charge < -0.3 is 15.2 Å². The Morgan fingerprint density at radius 2 is 1.57 bits per heavy atom. The molecule has 0 spiro atoms. The predicted molar refractivity (Wildman–Crippen MR) is 112 cm³/mol. The van der Waals surface area contributed by atoms with Crippen LogP contribution in [0.5, 0.6) is 0 Å². The van der Waals surface area contributed by atoms with Crippen LogP contribution in [0.3, 0.4) is 0 Å². The van der Waals surface area contributed by atoms with Gasteiger partial charge >= 0.3 is 12.1 Å². The van der Waals surface area contributed by atoms with Crippen LogP contribution in [0, 0.1) is 0 Å². The van der Waals surface area contributed by atoms with Gasteiger partial charge in [0.2, 0.25) is 0 Å². The van der Waals surface area contributed by atoms with Gasteiger partial charge in [-0.1, -0.05) is 55.5 Å². The van der Waals surface area contributed by atoms with Gasteiger partial charge in [0, 0.05) is 24.2 Å². The molecule has 4 rings (SSSR count). The molecule has 6 nitrogen and oxygen atoms in total. The number of carboxylic acid groups (broad SMARTS) is 1. The fraction of sp³-hybridized carbons (Fsp3) is 0.208. The molecule has 6 heteroatoms. The van der Waals surface area contributed by atoms with E-state index in [9.17, 15) is 14.7 Å². The van der Waals surface area contributed by atoms with Crippen molar-refractivity contribution >= 4 is 12.1 Å². The van der Waals surface area contributed by atoms with Crippen molar-refractivity contribution in [2.45, 2.75) is 24.8 Å². The first-order chi connectivity index (χ1) is 14.6. The third-order valence-electron chi connectivity index (χ3n) is 5.61. The molecule has 0 saturated heterocycles. The average Bonchev–Trinajstić information content (AvgIpc) is 3.10. The minimum absolute atomic E-state index is 0.0796. The smallest absolute Gasteiger partial charge is 0.407 e. The Labute approximate surface area is 174 Å². The van der Waals surface area contributed by atoms with Gasteiger partial charge in [0.15, 0.2) is 0 Å². The number of fused-ring (bicyclic) bond motifs is 3. The molecule has 152 valence electrons. The summed E-state index contributed by atoms with van der Waals surface area (Å²) in [6.07, 6.45) is 2.45. The van der Waals surface area contributed by atoms with Gasteiger partial charge in [-0.15, -0.1) is 0 Å². The van der Waals surface area contributed by atoms with Gasteiger partial charge in [0.1, 0.15) is 12.6 Å². The molecule has 1 heterocycles. The van der Waals surface area contributed by atoms with E-state index in [-0.39, 0.29) is 12.5 Å². The largest absolute Gasteiger partial charge is 0.480 e. The molecular formula is C24H22N2O4. The Morgan fingerprint density at radius 3 is 2.13 bits per heavy atom. The lowest BCUT2D eigenvalue weighted by Gasteiger charge is -2.22. The summed E-state index contributed by atoms with van der Waals surface area (Å²) < 4.78 is 5.48. The highest BCUT2D eigenvalue weighted by Crippen LogP contribution is 2.44. The Bertz CT molecular complexity index is 1020. The summed E-state index contributed by atoms with van der Waals surface area (Å²) in [5.41, 5.74) is 5.25. The molecule has 0 aliphatic heterocycles. The fourth-order valence-electron chi connectivity index (χ4n) is 4.03. The van der Waals surface area contributed by atoms with Crippen LogP contribution < -0.4 is 5.32 Å². The van der Waals surface area contributed by atoms with E-state index in [0.717, 1.165) is 27.8 Å². The molecule has 30 heavy (non-hydrogen) atoms. The second kappa shape index (κ2) is 8.37. The number of carbonyl (C=O) groups is 2. The SMILES string of the molecule is C[C@H](c1ccncc1)[C@H](NC(=O)OCC1c2ccccc2-c2ccccc21)C(=O)O. The summed E-state index contributed by atoms with van der Waals surface area (Å²) in [7, 11) is 0. The summed E-state index contributed by atoms with van der Waals surface area (Å²) in [5.74, 6) is -1.64. The molecule has 1 aliphatic carbocycles. The quantitative estimate of drug-likeness (QED) is 0.646. The van der Waals surface area contributed by atoms with E-state index in [0.29, 0.717) is 0 Å². The number of rotatable bonds is 6. The number of alkyl carbamates (subject to hydrolysis) is 1. The molecule has 1 aromatic heterocycles. The molecule has 1 aliphatic rings. The van der Waals surface area contributed by atoms with Crippen LogP contribution in [0.1, 0.15) is 35.4 Å². The Balaban J connectivity index is 1.46. The maximum absolute atomic E-state index is 12.5. The molecule has 0 radical (unpaired) electrons. The van der Waals surface area contributed by atoms with Crippen LogP contribution in [-0.4, -0.2) is 34.8 Å². The van der Waals surface area contributed by atoms with Gasteiger partial charge in [0.25, 0.3) is 0 Å². The zero-order valence-corrected chi connectivity index (χ0v) is 16.5. The zero-order valence-electron chi connectivity index (χ0n) is 16.5. The first-order valence-corrected chi connectivity index (χ1v) is 9.80. The van der Waals surface area contributed by atoms with Crippen molar-refractivity contribution < 1.29 is 19.4 Å². The Hall–Kier alpha value is -3.67. The average molecular weight is 402 g/mol. The molecule has 2 atom stereocenters. The first kappa shape index (κ1) is 19.6. The molecule has 0 fully saturated rings. The van der Waals surface area contributed by atoms with Crippen LogP contribution in [0.4, 0.5) is 4.79 Å². The van der Waals surface area contributed by atoms with Crippen LogP contribution >= 0.6 is 0 Å². The summed E-state index contributed by atoms with van der Waals surface area (Å²) in [6, 6.07) is 18.5. The summed E-state index contributed by atoms with van der Waals surface area (Å²) >= 11 is 0. The number of aromatic nitrogens is 1. The van der Waals surface area contributed by atoms with Crippen molar-refractivity contribution in [1.82, 2.24) is 10.3 Å². The van der Waals surface area contributed by atoms with Crippen LogP contribution in [0.25, 0.3) is 11.1 Å². The van der Waals surface area contributed by atoms with Crippen LogP contribution in [0.2, 0.25) is 0 Å². The number of pyridine rings is 1. The molecule has 2 aromatic carbocycles. The van der Waals surface area contributed by atoms with Gasteiger partial charge in [-0.3, -0.25) is 4.98 Å². The molecule has 1 amide bonds. The summed E-state index contributed by atoms with van der Waals surface area (Å²) in [5, 5.41) is 12.1. The highest BCUT2D eigenvalue weighted by Gasteiger charge is 2.31. The monoisotopic (exact) mass is 402 g/mol. The van der Waals surface area contributed by atoms with E-state index in [1.54, 1.807) is 31.5 Å². The highest BCUT2D eigenvalue weighted by atomic mass is 16.5. The lowest BCUT2D eigenvalue weighted by atomic mass is 9.94. The number of amides is 1. The minimum Gasteiger partial charge on any atom is -0.480 e. The van der Waals surface area contributed by atoms with Gasteiger partial charge in [-0.05, 0) is 39.9 Å². The molecular weight excluding hydrogens is 380 g/mol. The maximum Gasteiger partial charge on any atom is 0.407 e. The van der Waals surface area contributed by atoms with Crippen molar-refractivity contribution in [3.63, 3.8) is 0 Å². The lowest BCUT2D eigenvalue weighted by Crippen LogP contribution is -2.44. The first-order valence-electron chi connectivity index (χ1n) is 9.80. The van der Waals surface area contributed by atoms with E-state index in [2.05, 4.69) is 22.4 Å². The summed E-state index contributed by atoms with van der Waals surface area (Å²) in [6.45, 7) is 1.88. The van der Waals surface area contributed by atoms with E-state index in [4.69, 9.17) is 4.74 Å². The van der Waals surface area contributed by atoms with Gasteiger partial charge in [0.05, 0.1) is 0 Å². The number of carbonyl (C=O) groups excluding carboxylic acids is 1. The Morgan fingerprint density at radius 1 is 1.00 bits per heavy atom. The second-order valence-electron chi connectivity index (χ2n) is 7.36. The second-order valence-corrected chi connectivity index (χ2v) is 7.36. The topological polar surface area (TPSA) is 88.5 Å². The number of benzene rings is 2. The number of carboxylic acids is 1. The number of hydrogen-bond acceptors (Lipinski definition) is 4. The minimum atomic E-state index is -1.12. The van der Waals surface area contributed by atoms with E-state index < -0.39 is 24.0 Å². The van der Waals surface area contributed by atoms with E-state index in [1.807, 2.05) is 36.4 Å².